The molecule has 1 saturated heterocycles. The largest absolute Gasteiger partial charge is 0.484 e. The van der Waals surface area contributed by atoms with Crippen LogP contribution in [0, 0.1) is 12.8 Å². The van der Waals surface area contributed by atoms with Crippen LogP contribution in [0.1, 0.15) is 32.3 Å². The Morgan fingerprint density at radius 2 is 2.09 bits per heavy atom. The SMILES string of the molecule is Cc1cccc(OCC(=O)NCC2CCN(C(C)C)CC2)c1. The first kappa shape index (κ1) is 16.8. The fourth-order valence-electron chi connectivity index (χ4n) is 2.84. The lowest BCUT2D eigenvalue weighted by atomic mass is 9.96. The van der Waals surface area contributed by atoms with Gasteiger partial charge in [0.25, 0.3) is 5.91 Å². The van der Waals surface area contributed by atoms with E-state index in [1.165, 1.54) is 0 Å². The molecule has 4 heteroatoms. The Morgan fingerprint density at radius 3 is 2.73 bits per heavy atom. The number of hydrogen-bond donors (Lipinski definition) is 1. The number of rotatable bonds is 6. The smallest absolute Gasteiger partial charge is 0.257 e. The van der Waals surface area contributed by atoms with Crippen molar-refractivity contribution in [1.29, 1.82) is 0 Å². The molecule has 4 nitrogen and oxygen atoms in total. The maximum atomic E-state index is 11.9. The summed E-state index contributed by atoms with van der Waals surface area (Å²) in [5.41, 5.74) is 1.13. The number of hydrogen-bond acceptors (Lipinski definition) is 3. The Bertz CT molecular complexity index is 480. The molecule has 2 rings (SSSR count). The lowest BCUT2D eigenvalue weighted by Gasteiger charge is -2.34. The Balaban J connectivity index is 1.64. The van der Waals surface area contributed by atoms with Crippen LogP contribution < -0.4 is 10.1 Å². The highest BCUT2D eigenvalue weighted by atomic mass is 16.5. The summed E-state index contributed by atoms with van der Waals surface area (Å²) >= 11 is 0. The minimum atomic E-state index is -0.0344. The van der Waals surface area contributed by atoms with Gasteiger partial charge >= 0.3 is 0 Å². The van der Waals surface area contributed by atoms with Crippen LogP contribution in [0.3, 0.4) is 0 Å². The molecule has 1 N–H and O–H groups in total. The van der Waals surface area contributed by atoms with E-state index in [0.717, 1.165) is 43.8 Å². The molecule has 1 aliphatic rings. The minimum absolute atomic E-state index is 0.0344. The van der Waals surface area contributed by atoms with Gasteiger partial charge in [-0.05, 0) is 70.3 Å². The van der Waals surface area contributed by atoms with Gasteiger partial charge in [-0.2, -0.15) is 0 Å². The average Bonchev–Trinajstić information content (AvgIpc) is 2.51. The first-order valence-corrected chi connectivity index (χ1v) is 8.25. The molecule has 0 spiro atoms. The summed E-state index contributed by atoms with van der Waals surface area (Å²) < 4.78 is 5.52. The molecule has 22 heavy (non-hydrogen) atoms. The minimum Gasteiger partial charge on any atom is -0.484 e. The number of piperidine rings is 1. The summed E-state index contributed by atoms with van der Waals surface area (Å²) in [7, 11) is 0. The van der Waals surface area contributed by atoms with Gasteiger partial charge in [-0.3, -0.25) is 4.79 Å². The first-order chi connectivity index (χ1) is 10.5. The monoisotopic (exact) mass is 304 g/mol. The third kappa shape index (κ3) is 5.34. The first-order valence-electron chi connectivity index (χ1n) is 8.25. The maximum absolute atomic E-state index is 11.9. The molecule has 1 heterocycles. The second kappa shape index (κ2) is 8.18. The molecule has 0 aliphatic carbocycles. The van der Waals surface area contributed by atoms with Gasteiger partial charge in [0.1, 0.15) is 5.75 Å². The lowest BCUT2D eigenvalue weighted by molar-refractivity contribution is -0.123. The molecule has 0 radical (unpaired) electrons. The Labute approximate surface area is 133 Å². The predicted molar refractivity (Wildman–Crippen MR) is 89.1 cm³/mol. The van der Waals surface area contributed by atoms with E-state index < -0.39 is 0 Å². The fraction of sp³-hybridized carbons (Fsp3) is 0.611. The molecular weight excluding hydrogens is 276 g/mol. The van der Waals surface area contributed by atoms with Crippen molar-refractivity contribution in [2.75, 3.05) is 26.2 Å². The highest BCUT2D eigenvalue weighted by molar-refractivity contribution is 5.77. The van der Waals surface area contributed by atoms with Crippen molar-refractivity contribution in [3.05, 3.63) is 29.8 Å². The number of amides is 1. The van der Waals surface area contributed by atoms with E-state index in [2.05, 4.69) is 24.1 Å². The standard InChI is InChI=1S/C18H28N2O2/c1-14(2)20-9-7-16(8-10-20)12-19-18(21)13-22-17-6-4-5-15(3)11-17/h4-6,11,14,16H,7-10,12-13H2,1-3H3,(H,19,21). The van der Waals surface area contributed by atoms with E-state index in [4.69, 9.17) is 4.74 Å². The van der Waals surface area contributed by atoms with Gasteiger partial charge in [0.15, 0.2) is 6.61 Å². The third-order valence-corrected chi connectivity index (χ3v) is 4.33. The van der Waals surface area contributed by atoms with E-state index in [1.54, 1.807) is 0 Å². The number of carbonyl (C=O) groups excluding carboxylic acids is 1. The van der Waals surface area contributed by atoms with Crippen LogP contribution in [-0.4, -0.2) is 43.1 Å². The molecule has 122 valence electrons. The highest BCUT2D eigenvalue weighted by Crippen LogP contribution is 2.18. The summed E-state index contributed by atoms with van der Waals surface area (Å²) in [6.45, 7) is 9.62. The van der Waals surface area contributed by atoms with Crippen LogP contribution >= 0.6 is 0 Å². The summed E-state index contributed by atoms with van der Waals surface area (Å²) in [4.78, 5) is 14.4. The van der Waals surface area contributed by atoms with Gasteiger partial charge in [0.2, 0.25) is 0 Å². The van der Waals surface area contributed by atoms with Crippen LogP contribution in [0.5, 0.6) is 5.75 Å². The van der Waals surface area contributed by atoms with Crippen molar-refractivity contribution in [3.63, 3.8) is 0 Å². The number of nitrogens with zero attached hydrogens (tertiary/aromatic N) is 1. The van der Waals surface area contributed by atoms with Gasteiger partial charge < -0.3 is 15.0 Å². The summed E-state index contributed by atoms with van der Waals surface area (Å²) in [6.07, 6.45) is 2.33. The molecule has 0 atom stereocenters. The Kier molecular flexibility index (Phi) is 6.25. The Morgan fingerprint density at radius 1 is 1.36 bits per heavy atom. The lowest BCUT2D eigenvalue weighted by Crippen LogP contribution is -2.42. The number of carbonyl (C=O) groups is 1. The van der Waals surface area contributed by atoms with E-state index in [-0.39, 0.29) is 12.5 Å². The third-order valence-electron chi connectivity index (χ3n) is 4.33. The molecule has 0 aromatic heterocycles. The van der Waals surface area contributed by atoms with E-state index >= 15 is 0 Å². The summed E-state index contributed by atoms with van der Waals surface area (Å²) in [5, 5.41) is 3.00. The zero-order valence-corrected chi connectivity index (χ0v) is 14.0. The zero-order valence-electron chi connectivity index (χ0n) is 14.0. The number of likely N-dealkylation sites (tertiary alicyclic amines) is 1. The van der Waals surface area contributed by atoms with Crippen molar-refractivity contribution in [2.24, 2.45) is 5.92 Å². The topological polar surface area (TPSA) is 41.6 Å². The summed E-state index contributed by atoms with van der Waals surface area (Å²) in [6, 6.07) is 8.39. The van der Waals surface area contributed by atoms with E-state index in [1.807, 2.05) is 31.2 Å². The van der Waals surface area contributed by atoms with Crippen LogP contribution in [0.2, 0.25) is 0 Å². The molecule has 1 aromatic rings. The zero-order chi connectivity index (χ0) is 15.9. The predicted octanol–water partition coefficient (Wildman–Crippen LogP) is 2.61. The van der Waals surface area contributed by atoms with E-state index in [0.29, 0.717) is 12.0 Å². The number of aryl methyl sites for hydroxylation is 1. The van der Waals surface area contributed by atoms with Crippen molar-refractivity contribution in [2.45, 2.75) is 39.7 Å². The van der Waals surface area contributed by atoms with Crippen LogP contribution in [0.25, 0.3) is 0 Å². The molecular formula is C18H28N2O2. The molecule has 1 aliphatic heterocycles. The van der Waals surface area contributed by atoms with Gasteiger partial charge in [-0.25, -0.2) is 0 Å². The second-order valence-corrected chi connectivity index (χ2v) is 6.48. The highest BCUT2D eigenvalue weighted by Gasteiger charge is 2.21. The fourth-order valence-corrected chi connectivity index (χ4v) is 2.84. The van der Waals surface area contributed by atoms with E-state index in [9.17, 15) is 4.79 Å². The van der Waals surface area contributed by atoms with Gasteiger partial charge in [-0.1, -0.05) is 12.1 Å². The van der Waals surface area contributed by atoms with Gasteiger partial charge in [-0.15, -0.1) is 0 Å². The second-order valence-electron chi connectivity index (χ2n) is 6.48. The van der Waals surface area contributed by atoms with Gasteiger partial charge in [0.05, 0.1) is 0 Å². The molecule has 1 aromatic carbocycles. The number of benzene rings is 1. The van der Waals surface area contributed by atoms with Crippen molar-refractivity contribution in [3.8, 4) is 5.75 Å². The molecule has 0 saturated carbocycles. The van der Waals surface area contributed by atoms with Crippen LogP contribution in [0.15, 0.2) is 24.3 Å². The van der Waals surface area contributed by atoms with Gasteiger partial charge in [0, 0.05) is 12.6 Å². The van der Waals surface area contributed by atoms with Crippen LogP contribution in [0.4, 0.5) is 0 Å². The Hall–Kier alpha value is -1.55. The number of ether oxygens (including phenoxy) is 1. The van der Waals surface area contributed by atoms with Crippen LogP contribution in [-0.2, 0) is 4.79 Å². The molecule has 1 fully saturated rings. The van der Waals surface area contributed by atoms with Crippen molar-refractivity contribution in [1.82, 2.24) is 10.2 Å². The molecule has 0 bridgehead atoms. The van der Waals surface area contributed by atoms with Crippen molar-refractivity contribution >= 4 is 5.91 Å². The van der Waals surface area contributed by atoms with Crippen molar-refractivity contribution < 1.29 is 9.53 Å². The number of nitrogens with one attached hydrogen (secondary N) is 1. The molecule has 0 unspecified atom stereocenters. The quantitative estimate of drug-likeness (QED) is 0.878. The summed E-state index contributed by atoms with van der Waals surface area (Å²) in [5.74, 6) is 1.31. The normalized spacial score (nSPS) is 16.7. The molecule has 1 amide bonds. The average molecular weight is 304 g/mol. The maximum Gasteiger partial charge on any atom is 0.257 e.